The summed E-state index contributed by atoms with van der Waals surface area (Å²) in [6.45, 7) is 12.1. The second-order valence-electron chi connectivity index (χ2n) is 8.12. The predicted octanol–water partition coefficient (Wildman–Crippen LogP) is 3.35. The van der Waals surface area contributed by atoms with E-state index in [2.05, 4.69) is 52.9 Å². The Morgan fingerprint density at radius 1 is 0.778 bits per heavy atom. The molecular formula is C21H26N6. The van der Waals surface area contributed by atoms with Crippen LogP contribution in [0, 0.1) is 6.92 Å². The third kappa shape index (κ3) is 3.56. The van der Waals surface area contributed by atoms with E-state index >= 15 is 0 Å². The van der Waals surface area contributed by atoms with E-state index < -0.39 is 0 Å². The quantitative estimate of drug-likeness (QED) is 0.697. The highest BCUT2D eigenvalue weighted by molar-refractivity contribution is 5.76. The summed E-state index contributed by atoms with van der Waals surface area (Å²) >= 11 is 0. The van der Waals surface area contributed by atoms with Gasteiger partial charge in [0, 0.05) is 31.6 Å². The van der Waals surface area contributed by atoms with Crippen LogP contribution in [0.4, 0.5) is 11.6 Å². The van der Waals surface area contributed by atoms with Crippen molar-refractivity contribution in [1.82, 2.24) is 20.2 Å². The molecule has 0 bridgehead atoms. The van der Waals surface area contributed by atoms with Gasteiger partial charge in [-0.05, 0) is 31.2 Å². The Labute approximate surface area is 160 Å². The largest absolute Gasteiger partial charge is 0.352 e. The number of aryl methyl sites for hydroxylation is 1. The number of rotatable bonds is 2. The van der Waals surface area contributed by atoms with Crippen LogP contribution in [0.15, 0.2) is 36.4 Å². The van der Waals surface area contributed by atoms with Crippen LogP contribution < -0.4 is 9.80 Å². The standard InChI is InChI=1S/C21H26N6/c1-15-20(23-17-8-6-5-7-16(17)22-15)27-13-11-26(12-14-27)19-10-9-18(24-25-19)21(2,3)4/h5-10H,11-14H2,1-4H3. The fourth-order valence-electron chi connectivity index (χ4n) is 3.42. The molecule has 1 aliphatic heterocycles. The topological polar surface area (TPSA) is 58.0 Å². The minimum atomic E-state index is 0.0243. The maximum Gasteiger partial charge on any atom is 0.151 e. The highest BCUT2D eigenvalue weighted by atomic mass is 15.3. The summed E-state index contributed by atoms with van der Waals surface area (Å²) in [5.74, 6) is 1.94. The van der Waals surface area contributed by atoms with Crippen molar-refractivity contribution in [3.05, 3.63) is 47.8 Å². The molecule has 0 N–H and O–H groups in total. The molecule has 27 heavy (non-hydrogen) atoms. The number of anilines is 2. The molecule has 0 atom stereocenters. The van der Waals surface area contributed by atoms with Crippen molar-refractivity contribution in [1.29, 1.82) is 0 Å². The van der Waals surface area contributed by atoms with Gasteiger partial charge in [-0.1, -0.05) is 32.9 Å². The number of piperazine rings is 1. The average molecular weight is 362 g/mol. The first kappa shape index (κ1) is 17.6. The van der Waals surface area contributed by atoms with Crippen LogP contribution in [0.3, 0.4) is 0 Å². The van der Waals surface area contributed by atoms with Crippen molar-refractivity contribution in [3.63, 3.8) is 0 Å². The van der Waals surface area contributed by atoms with E-state index in [1.807, 2.05) is 31.2 Å². The first-order valence-electron chi connectivity index (χ1n) is 9.49. The first-order valence-corrected chi connectivity index (χ1v) is 9.49. The molecule has 0 amide bonds. The fourth-order valence-corrected chi connectivity index (χ4v) is 3.42. The van der Waals surface area contributed by atoms with Gasteiger partial charge in [0.25, 0.3) is 0 Å². The number of benzene rings is 1. The predicted molar refractivity (Wildman–Crippen MR) is 109 cm³/mol. The molecule has 1 saturated heterocycles. The third-order valence-electron chi connectivity index (χ3n) is 5.04. The zero-order valence-electron chi connectivity index (χ0n) is 16.5. The zero-order valence-corrected chi connectivity index (χ0v) is 16.5. The van der Waals surface area contributed by atoms with E-state index in [9.17, 15) is 0 Å². The molecule has 0 spiro atoms. The average Bonchev–Trinajstić information content (AvgIpc) is 2.67. The van der Waals surface area contributed by atoms with Crippen LogP contribution in [0.1, 0.15) is 32.2 Å². The number of para-hydroxylation sites is 2. The summed E-state index contributed by atoms with van der Waals surface area (Å²) in [4.78, 5) is 14.2. The van der Waals surface area contributed by atoms with Gasteiger partial charge in [-0.15, -0.1) is 5.10 Å². The Hall–Kier alpha value is -2.76. The molecule has 0 unspecified atom stereocenters. The lowest BCUT2D eigenvalue weighted by atomic mass is 9.92. The van der Waals surface area contributed by atoms with Gasteiger partial charge in [0.15, 0.2) is 11.6 Å². The number of aromatic nitrogens is 4. The molecule has 0 radical (unpaired) electrons. The van der Waals surface area contributed by atoms with Crippen molar-refractivity contribution in [2.45, 2.75) is 33.1 Å². The zero-order chi connectivity index (χ0) is 19.0. The van der Waals surface area contributed by atoms with Crippen LogP contribution in [0.5, 0.6) is 0 Å². The molecule has 3 aromatic rings. The smallest absolute Gasteiger partial charge is 0.151 e. The van der Waals surface area contributed by atoms with Crippen LogP contribution in [0.2, 0.25) is 0 Å². The number of hydrogen-bond acceptors (Lipinski definition) is 6. The lowest BCUT2D eigenvalue weighted by Crippen LogP contribution is -2.47. The van der Waals surface area contributed by atoms with Crippen LogP contribution in [0.25, 0.3) is 11.0 Å². The van der Waals surface area contributed by atoms with E-state index in [0.29, 0.717) is 0 Å². The molecule has 0 saturated carbocycles. The minimum absolute atomic E-state index is 0.0243. The molecule has 6 nitrogen and oxygen atoms in total. The van der Waals surface area contributed by atoms with Gasteiger partial charge in [0.05, 0.1) is 22.4 Å². The van der Waals surface area contributed by atoms with Gasteiger partial charge >= 0.3 is 0 Å². The van der Waals surface area contributed by atoms with Gasteiger partial charge in [-0.2, -0.15) is 5.10 Å². The van der Waals surface area contributed by atoms with Gasteiger partial charge < -0.3 is 9.80 Å². The Balaban J connectivity index is 1.48. The summed E-state index contributed by atoms with van der Waals surface area (Å²) in [6, 6.07) is 12.2. The first-order chi connectivity index (χ1) is 12.9. The van der Waals surface area contributed by atoms with Gasteiger partial charge in [0.2, 0.25) is 0 Å². The molecular weight excluding hydrogens is 336 g/mol. The highest BCUT2D eigenvalue weighted by Gasteiger charge is 2.22. The monoisotopic (exact) mass is 362 g/mol. The van der Waals surface area contributed by atoms with Crippen molar-refractivity contribution >= 4 is 22.7 Å². The second-order valence-corrected chi connectivity index (χ2v) is 8.12. The van der Waals surface area contributed by atoms with Crippen LogP contribution in [-0.4, -0.2) is 46.3 Å². The molecule has 0 aliphatic carbocycles. The SMILES string of the molecule is Cc1nc2ccccc2nc1N1CCN(c2ccc(C(C)(C)C)nn2)CC1. The Bertz CT molecular complexity index is 937. The minimum Gasteiger partial charge on any atom is -0.352 e. The summed E-state index contributed by atoms with van der Waals surface area (Å²) in [5.41, 5.74) is 3.93. The highest BCUT2D eigenvalue weighted by Crippen LogP contribution is 2.24. The third-order valence-corrected chi connectivity index (χ3v) is 5.04. The van der Waals surface area contributed by atoms with E-state index in [-0.39, 0.29) is 5.41 Å². The van der Waals surface area contributed by atoms with E-state index in [4.69, 9.17) is 9.97 Å². The van der Waals surface area contributed by atoms with Crippen molar-refractivity contribution < 1.29 is 0 Å². The molecule has 6 heteroatoms. The summed E-state index contributed by atoms with van der Waals surface area (Å²) in [6.07, 6.45) is 0. The van der Waals surface area contributed by atoms with Crippen LogP contribution in [-0.2, 0) is 5.41 Å². The van der Waals surface area contributed by atoms with Crippen LogP contribution >= 0.6 is 0 Å². The molecule has 140 valence electrons. The van der Waals surface area contributed by atoms with E-state index in [1.165, 1.54) is 0 Å². The molecule has 3 heterocycles. The lowest BCUT2D eigenvalue weighted by Gasteiger charge is -2.36. The maximum atomic E-state index is 4.85. The van der Waals surface area contributed by atoms with E-state index in [1.54, 1.807) is 0 Å². The fraction of sp³-hybridized carbons (Fsp3) is 0.429. The molecule has 1 aliphatic rings. The lowest BCUT2D eigenvalue weighted by molar-refractivity contribution is 0.556. The summed E-state index contributed by atoms with van der Waals surface area (Å²) < 4.78 is 0. The Morgan fingerprint density at radius 3 is 2.00 bits per heavy atom. The van der Waals surface area contributed by atoms with Crippen molar-refractivity contribution in [2.24, 2.45) is 0 Å². The maximum absolute atomic E-state index is 4.85. The normalized spacial score (nSPS) is 15.4. The summed E-state index contributed by atoms with van der Waals surface area (Å²) in [5, 5.41) is 8.88. The Kier molecular flexibility index (Phi) is 4.42. The summed E-state index contributed by atoms with van der Waals surface area (Å²) in [7, 11) is 0. The molecule has 1 fully saturated rings. The molecule has 1 aromatic carbocycles. The molecule has 2 aromatic heterocycles. The van der Waals surface area contributed by atoms with Gasteiger partial charge in [0.1, 0.15) is 0 Å². The number of nitrogens with zero attached hydrogens (tertiary/aromatic N) is 6. The molecule has 4 rings (SSSR count). The second kappa shape index (κ2) is 6.76. The van der Waals surface area contributed by atoms with Crippen molar-refractivity contribution in [3.8, 4) is 0 Å². The number of fused-ring (bicyclic) bond motifs is 1. The number of hydrogen-bond donors (Lipinski definition) is 0. The Morgan fingerprint density at radius 2 is 1.41 bits per heavy atom. The van der Waals surface area contributed by atoms with E-state index in [0.717, 1.165) is 60.2 Å². The van der Waals surface area contributed by atoms with Gasteiger partial charge in [-0.25, -0.2) is 9.97 Å². The van der Waals surface area contributed by atoms with Crippen molar-refractivity contribution in [2.75, 3.05) is 36.0 Å². The van der Waals surface area contributed by atoms with Gasteiger partial charge in [-0.3, -0.25) is 0 Å².